The summed E-state index contributed by atoms with van der Waals surface area (Å²) in [6.45, 7) is 1.86. The van der Waals surface area contributed by atoms with Crippen molar-refractivity contribution in [2.45, 2.75) is 26.0 Å². The van der Waals surface area contributed by atoms with Gasteiger partial charge in [0, 0.05) is 6.42 Å². The molecule has 6 nitrogen and oxygen atoms in total. The SMILES string of the molecule is COC(=O)c1cc(CNC(=O)C2Cc3ccccc3O2)oc1C. The number of rotatable bonds is 4. The number of ether oxygens (including phenoxy) is 2. The molecule has 0 spiro atoms. The highest BCUT2D eigenvalue weighted by Gasteiger charge is 2.28. The van der Waals surface area contributed by atoms with Crippen LogP contribution in [0, 0.1) is 6.92 Å². The Morgan fingerprint density at radius 1 is 1.35 bits per heavy atom. The third-order valence-electron chi connectivity index (χ3n) is 3.75. The Bertz CT molecular complexity index is 724. The minimum absolute atomic E-state index is 0.187. The Morgan fingerprint density at radius 3 is 2.87 bits per heavy atom. The van der Waals surface area contributed by atoms with E-state index < -0.39 is 12.1 Å². The molecule has 1 aromatic heterocycles. The summed E-state index contributed by atoms with van der Waals surface area (Å²) >= 11 is 0. The monoisotopic (exact) mass is 315 g/mol. The molecule has 2 heterocycles. The number of benzene rings is 1. The van der Waals surface area contributed by atoms with E-state index in [9.17, 15) is 9.59 Å². The van der Waals surface area contributed by atoms with Gasteiger partial charge in [-0.25, -0.2) is 4.79 Å². The van der Waals surface area contributed by atoms with Gasteiger partial charge < -0.3 is 19.2 Å². The van der Waals surface area contributed by atoms with Crippen LogP contribution < -0.4 is 10.1 Å². The second-order valence-corrected chi connectivity index (χ2v) is 5.31. The van der Waals surface area contributed by atoms with Crippen molar-refractivity contribution in [3.8, 4) is 5.75 Å². The molecule has 1 atom stereocenters. The smallest absolute Gasteiger partial charge is 0.341 e. The van der Waals surface area contributed by atoms with Gasteiger partial charge in [-0.05, 0) is 24.6 Å². The third kappa shape index (κ3) is 3.06. The number of furan rings is 1. The molecular formula is C17H17NO5. The first-order valence-corrected chi connectivity index (χ1v) is 7.28. The molecular weight excluding hydrogens is 298 g/mol. The summed E-state index contributed by atoms with van der Waals surface area (Å²) in [7, 11) is 1.31. The van der Waals surface area contributed by atoms with E-state index in [-0.39, 0.29) is 12.5 Å². The van der Waals surface area contributed by atoms with E-state index in [1.807, 2.05) is 24.3 Å². The van der Waals surface area contributed by atoms with E-state index in [0.29, 0.717) is 23.5 Å². The Balaban J connectivity index is 1.59. The van der Waals surface area contributed by atoms with Crippen molar-refractivity contribution in [1.29, 1.82) is 0 Å². The minimum Gasteiger partial charge on any atom is -0.480 e. The van der Waals surface area contributed by atoms with Crippen LogP contribution in [-0.2, 0) is 22.5 Å². The van der Waals surface area contributed by atoms with Crippen LogP contribution >= 0.6 is 0 Å². The number of carbonyl (C=O) groups is 2. The van der Waals surface area contributed by atoms with Crippen molar-refractivity contribution >= 4 is 11.9 Å². The number of methoxy groups -OCH3 is 1. The predicted molar refractivity (Wildman–Crippen MR) is 81.2 cm³/mol. The molecule has 1 aromatic carbocycles. The van der Waals surface area contributed by atoms with Crippen LogP contribution in [0.25, 0.3) is 0 Å². The molecule has 0 saturated heterocycles. The van der Waals surface area contributed by atoms with E-state index >= 15 is 0 Å². The van der Waals surface area contributed by atoms with Crippen LogP contribution in [0.15, 0.2) is 34.7 Å². The van der Waals surface area contributed by atoms with E-state index in [2.05, 4.69) is 10.1 Å². The zero-order valence-electron chi connectivity index (χ0n) is 12.9. The molecule has 120 valence electrons. The van der Waals surface area contributed by atoms with Crippen LogP contribution in [0.4, 0.5) is 0 Å². The van der Waals surface area contributed by atoms with Crippen molar-refractivity contribution in [3.63, 3.8) is 0 Å². The van der Waals surface area contributed by atoms with Gasteiger partial charge in [0.05, 0.1) is 13.7 Å². The maximum Gasteiger partial charge on any atom is 0.341 e. The quantitative estimate of drug-likeness (QED) is 0.873. The number of aryl methyl sites for hydroxylation is 1. The first-order valence-electron chi connectivity index (χ1n) is 7.28. The average Bonchev–Trinajstić information content (AvgIpc) is 3.15. The van der Waals surface area contributed by atoms with Crippen LogP contribution in [0.2, 0.25) is 0 Å². The van der Waals surface area contributed by atoms with E-state index in [1.54, 1.807) is 13.0 Å². The van der Waals surface area contributed by atoms with Crippen LogP contribution in [0.5, 0.6) is 5.75 Å². The Morgan fingerprint density at radius 2 is 2.13 bits per heavy atom. The lowest BCUT2D eigenvalue weighted by Gasteiger charge is -2.10. The second-order valence-electron chi connectivity index (χ2n) is 5.31. The minimum atomic E-state index is -0.538. The van der Waals surface area contributed by atoms with Crippen molar-refractivity contribution in [2.75, 3.05) is 7.11 Å². The number of para-hydroxylation sites is 1. The molecule has 0 bridgehead atoms. The van der Waals surface area contributed by atoms with E-state index in [0.717, 1.165) is 11.3 Å². The zero-order valence-corrected chi connectivity index (χ0v) is 12.9. The van der Waals surface area contributed by atoms with Crippen molar-refractivity contribution in [1.82, 2.24) is 5.32 Å². The molecule has 2 aromatic rings. The fourth-order valence-electron chi connectivity index (χ4n) is 2.56. The summed E-state index contributed by atoms with van der Waals surface area (Å²) in [6.07, 6.45) is 0.00982. The molecule has 3 rings (SSSR count). The highest BCUT2D eigenvalue weighted by Crippen LogP contribution is 2.28. The van der Waals surface area contributed by atoms with Gasteiger partial charge in [-0.1, -0.05) is 18.2 Å². The maximum absolute atomic E-state index is 12.2. The number of hydrogen-bond acceptors (Lipinski definition) is 5. The molecule has 23 heavy (non-hydrogen) atoms. The molecule has 0 saturated carbocycles. The molecule has 1 amide bonds. The summed E-state index contributed by atoms with van der Waals surface area (Å²) in [4.78, 5) is 23.7. The number of nitrogens with one attached hydrogen (secondary N) is 1. The molecule has 6 heteroatoms. The van der Waals surface area contributed by atoms with Gasteiger partial charge in [0.1, 0.15) is 22.8 Å². The van der Waals surface area contributed by atoms with E-state index in [4.69, 9.17) is 9.15 Å². The number of amides is 1. The average molecular weight is 315 g/mol. The number of hydrogen-bond donors (Lipinski definition) is 1. The summed E-state index contributed by atoms with van der Waals surface area (Å²) < 4.78 is 15.7. The molecule has 1 aliphatic rings. The zero-order chi connectivity index (χ0) is 16.4. The number of esters is 1. The molecule has 1 aliphatic heterocycles. The normalized spacial score (nSPS) is 15.7. The lowest BCUT2D eigenvalue weighted by Crippen LogP contribution is -2.36. The Kier molecular flexibility index (Phi) is 4.06. The van der Waals surface area contributed by atoms with Gasteiger partial charge in [0.15, 0.2) is 6.10 Å². The van der Waals surface area contributed by atoms with Gasteiger partial charge in [0.25, 0.3) is 5.91 Å². The topological polar surface area (TPSA) is 77.8 Å². The number of fused-ring (bicyclic) bond motifs is 1. The Labute approximate surface area is 133 Å². The molecule has 0 fully saturated rings. The van der Waals surface area contributed by atoms with Crippen molar-refractivity contribution in [3.05, 3.63) is 53.0 Å². The molecule has 0 aliphatic carbocycles. The molecule has 1 unspecified atom stereocenters. The first-order chi connectivity index (χ1) is 11.1. The second kappa shape index (κ2) is 6.16. The van der Waals surface area contributed by atoms with Crippen molar-refractivity contribution in [2.24, 2.45) is 0 Å². The predicted octanol–water partition coefficient (Wildman–Crippen LogP) is 1.99. The first kappa shape index (κ1) is 15.1. The van der Waals surface area contributed by atoms with Gasteiger partial charge in [-0.3, -0.25) is 4.79 Å². The number of carbonyl (C=O) groups excluding carboxylic acids is 2. The summed E-state index contributed by atoms with van der Waals surface area (Å²) in [5.74, 6) is 1.03. The van der Waals surface area contributed by atoms with E-state index in [1.165, 1.54) is 7.11 Å². The van der Waals surface area contributed by atoms with Gasteiger partial charge in [0.2, 0.25) is 0 Å². The molecule has 1 N–H and O–H groups in total. The van der Waals surface area contributed by atoms with Crippen LogP contribution in [0.1, 0.15) is 27.4 Å². The lowest BCUT2D eigenvalue weighted by molar-refractivity contribution is -0.127. The summed E-state index contributed by atoms with van der Waals surface area (Å²) in [6, 6.07) is 9.16. The van der Waals surface area contributed by atoms with Crippen LogP contribution in [0.3, 0.4) is 0 Å². The fraction of sp³-hybridized carbons (Fsp3) is 0.294. The highest BCUT2D eigenvalue weighted by molar-refractivity contribution is 5.90. The van der Waals surface area contributed by atoms with Gasteiger partial charge >= 0.3 is 5.97 Å². The molecule has 0 radical (unpaired) electrons. The standard InChI is InChI=1S/C17H17NO5/c1-10-13(17(20)21-2)8-12(22-10)9-18-16(19)15-7-11-5-3-4-6-14(11)23-15/h3-6,8,15H,7,9H2,1-2H3,(H,18,19). The Hall–Kier alpha value is -2.76. The fourth-order valence-corrected chi connectivity index (χ4v) is 2.56. The van der Waals surface area contributed by atoms with Gasteiger partial charge in [-0.2, -0.15) is 0 Å². The third-order valence-corrected chi connectivity index (χ3v) is 3.75. The lowest BCUT2D eigenvalue weighted by atomic mass is 10.1. The summed E-state index contributed by atoms with van der Waals surface area (Å²) in [5, 5.41) is 2.76. The largest absolute Gasteiger partial charge is 0.480 e. The van der Waals surface area contributed by atoms with Crippen LogP contribution in [-0.4, -0.2) is 25.1 Å². The maximum atomic E-state index is 12.2. The van der Waals surface area contributed by atoms with Gasteiger partial charge in [-0.15, -0.1) is 0 Å². The highest BCUT2D eigenvalue weighted by atomic mass is 16.5. The van der Waals surface area contributed by atoms with Crippen molar-refractivity contribution < 1.29 is 23.5 Å². The summed E-state index contributed by atoms with van der Waals surface area (Å²) in [5.41, 5.74) is 1.38.